The number of aromatic nitrogens is 2. The zero-order valence-electron chi connectivity index (χ0n) is 19.2. The molecular formula is C24H26N6O4S. The van der Waals surface area contributed by atoms with Crippen molar-refractivity contribution < 1.29 is 17.9 Å². The Kier molecular flexibility index (Phi) is 6.03. The SMILES string of the molecule is Cc1cc2c(c(NC(=O)NS(=O)(=O)/C(=C/N)C3=NCCOC3)c1-c1ccn3nccc3c1)CCC2. The van der Waals surface area contributed by atoms with Gasteiger partial charge in [0.2, 0.25) is 0 Å². The summed E-state index contributed by atoms with van der Waals surface area (Å²) in [5.41, 5.74) is 12.2. The number of aryl methyl sites for hydroxylation is 2. The van der Waals surface area contributed by atoms with E-state index in [0.29, 0.717) is 18.8 Å². The van der Waals surface area contributed by atoms with Gasteiger partial charge in [-0.05, 0) is 66.6 Å². The lowest BCUT2D eigenvalue weighted by molar-refractivity contribution is 0.171. The normalized spacial score (nSPS) is 16.1. The zero-order chi connectivity index (χ0) is 24.6. The molecule has 3 heterocycles. The molecule has 2 aliphatic rings. The first-order valence-electron chi connectivity index (χ1n) is 11.3. The number of carbonyl (C=O) groups is 1. The Morgan fingerprint density at radius 1 is 1.26 bits per heavy atom. The van der Waals surface area contributed by atoms with Crippen molar-refractivity contribution in [3.05, 3.63) is 64.5 Å². The summed E-state index contributed by atoms with van der Waals surface area (Å²) in [6.07, 6.45) is 7.18. The van der Waals surface area contributed by atoms with Crippen molar-refractivity contribution >= 4 is 33.0 Å². The summed E-state index contributed by atoms with van der Waals surface area (Å²) in [7, 11) is -4.26. The lowest BCUT2D eigenvalue weighted by Crippen LogP contribution is -2.38. The van der Waals surface area contributed by atoms with Crippen LogP contribution in [0.5, 0.6) is 0 Å². The van der Waals surface area contributed by atoms with Crippen LogP contribution in [-0.4, -0.2) is 49.5 Å². The van der Waals surface area contributed by atoms with Crippen molar-refractivity contribution in [2.24, 2.45) is 10.7 Å². The topological polar surface area (TPSA) is 140 Å². The smallest absolute Gasteiger partial charge is 0.333 e. The first-order chi connectivity index (χ1) is 16.9. The van der Waals surface area contributed by atoms with Gasteiger partial charge in [0.1, 0.15) is 4.91 Å². The third-order valence-electron chi connectivity index (χ3n) is 6.25. The molecule has 0 atom stereocenters. The quantitative estimate of drug-likeness (QED) is 0.498. The van der Waals surface area contributed by atoms with E-state index in [-0.39, 0.29) is 17.2 Å². The predicted molar refractivity (Wildman–Crippen MR) is 134 cm³/mol. The number of nitrogens with zero attached hydrogens (tertiary/aromatic N) is 3. The maximum Gasteiger partial charge on any atom is 0.333 e. The van der Waals surface area contributed by atoms with Gasteiger partial charge in [0.15, 0.2) is 0 Å². The summed E-state index contributed by atoms with van der Waals surface area (Å²) in [6.45, 7) is 2.74. The molecule has 11 heteroatoms. The fourth-order valence-electron chi connectivity index (χ4n) is 4.75. The minimum absolute atomic E-state index is 0.0121. The number of sulfonamides is 1. The maximum atomic E-state index is 13.0. The van der Waals surface area contributed by atoms with Gasteiger partial charge in [0.05, 0.1) is 36.7 Å². The fraction of sp³-hybridized carbons (Fsp3) is 0.292. The highest BCUT2D eigenvalue weighted by atomic mass is 32.2. The van der Waals surface area contributed by atoms with E-state index in [4.69, 9.17) is 10.5 Å². The second-order valence-electron chi connectivity index (χ2n) is 8.52. The van der Waals surface area contributed by atoms with E-state index in [0.717, 1.165) is 58.8 Å². The zero-order valence-corrected chi connectivity index (χ0v) is 20.1. The van der Waals surface area contributed by atoms with Crippen molar-refractivity contribution in [2.45, 2.75) is 26.2 Å². The molecule has 0 bridgehead atoms. The number of anilines is 1. The van der Waals surface area contributed by atoms with Crippen LogP contribution in [0, 0.1) is 6.92 Å². The molecule has 0 radical (unpaired) electrons. The molecule has 0 unspecified atom stereocenters. The number of rotatable bonds is 5. The summed E-state index contributed by atoms with van der Waals surface area (Å²) < 4.78 is 35.1. The molecule has 2 aromatic heterocycles. The number of hydrogen-bond acceptors (Lipinski definition) is 7. The summed E-state index contributed by atoms with van der Waals surface area (Å²) in [5, 5.41) is 7.08. The number of amides is 2. The van der Waals surface area contributed by atoms with Crippen molar-refractivity contribution in [1.29, 1.82) is 0 Å². The number of benzene rings is 1. The monoisotopic (exact) mass is 494 g/mol. The Morgan fingerprint density at radius 2 is 2.11 bits per heavy atom. The average Bonchev–Trinajstić information content (AvgIpc) is 3.48. The molecule has 3 aromatic rings. The fourth-order valence-corrected chi connectivity index (χ4v) is 5.76. The van der Waals surface area contributed by atoms with E-state index in [2.05, 4.69) is 26.2 Å². The van der Waals surface area contributed by atoms with Gasteiger partial charge in [-0.2, -0.15) is 5.10 Å². The van der Waals surface area contributed by atoms with Gasteiger partial charge in [-0.25, -0.2) is 22.4 Å². The molecular weight excluding hydrogens is 468 g/mol. The third kappa shape index (κ3) is 4.40. The van der Waals surface area contributed by atoms with Crippen LogP contribution in [0.3, 0.4) is 0 Å². The third-order valence-corrected chi connectivity index (χ3v) is 7.66. The van der Waals surface area contributed by atoms with Gasteiger partial charge in [0, 0.05) is 24.2 Å². The average molecular weight is 495 g/mol. The summed E-state index contributed by atoms with van der Waals surface area (Å²) in [6, 6.07) is 7.10. The van der Waals surface area contributed by atoms with Gasteiger partial charge >= 0.3 is 6.03 Å². The Morgan fingerprint density at radius 3 is 2.89 bits per heavy atom. The number of pyridine rings is 1. The number of fused-ring (bicyclic) bond motifs is 2. The van der Waals surface area contributed by atoms with E-state index in [1.165, 1.54) is 0 Å². The molecule has 1 aliphatic carbocycles. The largest absolute Gasteiger partial charge is 0.403 e. The predicted octanol–water partition coefficient (Wildman–Crippen LogP) is 2.52. The van der Waals surface area contributed by atoms with E-state index in [9.17, 15) is 13.2 Å². The Balaban J connectivity index is 1.50. The minimum Gasteiger partial charge on any atom is -0.403 e. The first-order valence-corrected chi connectivity index (χ1v) is 12.8. The standard InChI is InChI=1S/C24H26N6O4S/c1-15-11-16-3-2-4-19(16)23(22(15)17-6-9-30-18(12-17)5-7-27-30)28-24(31)29-35(32,33)21(13-25)20-14-34-10-8-26-20/h5-7,9,11-13H,2-4,8,10,14,25H2,1H3,(H2,28,29,31)/b21-13+. The molecule has 4 N–H and O–H groups in total. The van der Waals surface area contributed by atoms with Crippen molar-refractivity contribution in [2.75, 3.05) is 25.1 Å². The molecule has 0 saturated heterocycles. The Labute approximate surface area is 202 Å². The number of ether oxygens (including phenoxy) is 1. The van der Waals surface area contributed by atoms with E-state index >= 15 is 0 Å². The first kappa shape index (κ1) is 23.1. The van der Waals surface area contributed by atoms with Crippen LogP contribution in [0.1, 0.15) is 23.1 Å². The van der Waals surface area contributed by atoms with Gasteiger partial charge in [0.25, 0.3) is 10.0 Å². The molecule has 1 aromatic carbocycles. The number of nitrogens with one attached hydrogen (secondary N) is 2. The highest BCUT2D eigenvalue weighted by Gasteiger charge is 2.28. The lowest BCUT2D eigenvalue weighted by atomic mass is 9.93. The van der Waals surface area contributed by atoms with Crippen molar-refractivity contribution in [3.8, 4) is 11.1 Å². The molecule has 35 heavy (non-hydrogen) atoms. The number of nitrogens with two attached hydrogens (primary N) is 1. The second kappa shape index (κ2) is 9.16. The summed E-state index contributed by atoms with van der Waals surface area (Å²) >= 11 is 0. The summed E-state index contributed by atoms with van der Waals surface area (Å²) in [5.74, 6) is 0. The molecule has 182 valence electrons. The number of carbonyl (C=O) groups excluding carboxylic acids is 1. The highest BCUT2D eigenvalue weighted by Crippen LogP contribution is 2.40. The molecule has 10 nitrogen and oxygen atoms in total. The molecule has 2 amide bonds. The van der Waals surface area contributed by atoms with E-state index < -0.39 is 16.1 Å². The van der Waals surface area contributed by atoms with Crippen molar-refractivity contribution in [1.82, 2.24) is 14.3 Å². The molecule has 0 fully saturated rings. The van der Waals surface area contributed by atoms with Crippen LogP contribution < -0.4 is 15.8 Å². The second-order valence-corrected chi connectivity index (χ2v) is 10.2. The number of urea groups is 1. The Hall–Kier alpha value is -3.70. The van der Waals surface area contributed by atoms with Crippen LogP contribution in [0.2, 0.25) is 0 Å². The lowest BCUT2D eigenvalue weighted by Gasteiger charge is -2.20. The van der Waals surface area contributed by atoms with Gasteiger partial charge in [-0.3, -0.25) is 4.99 Å². The number of aliphatic imine (C=N–C) groups is 1. The molecule has 5 rings (SSSR count). The molecule has 0 spiro atoms. The Bertz CT molecular complexity index is 1490. The molecule has 0 saturated carbocycles. The van der Waals surface area contributed by atoms with E-state index in [1.54, 1.807) is 10.7 Å². The van der Waals surface area contributed by atoms with Crippen molar-refractivity contribution in [3.63, 3.8) is 0 Å². The van der Waals surface area contributed by atoms with Crippen LogP contribution >= 0.6 is 0 Å². The van der Waals surface area contributed by atoms with E-state index in [1.807, 2.05) is 31.3 Å². The highest BCUT2D eigenvalue weighted by molar-refractivity contribution is 7.95. The van der Waals surface area contributed by atoms with Crippen LogP contribution in [0.15, 0.2) is 52.8 Å². The number of hydrogen-bond donors (Lipinski definition) is 3. The van der Waals surface area contributed by atoms with Gasteiger partial charge < -0.3 is 15.8 Å². The minimum atomic E-state index is -4.26. The summed E-state index contributed by atoms with van der Waals surface area (Å²) in [4.78, 5) is 16.9. The maximum absolute atomic E-state index is 13.0. The van der Waals surface area contributed by atoms with Crippen LogP contribution in [0.25, 0.3) is 16.6 Å². The molecule has 1 aliphatic heterocycles. The van der Waals surface area contributed by atoms with Crippen LogP contribution in [0.4, 0.5) is 10.5 Å². The van der Waals surface area contributed by atoms with Gasteiger partial charge in [-0.1, -0.05) is 6.07 Å². The van der Waals surface area contributed by atoms with Gasteiger partial charge in [-0.15, -0.1) is 0 Å². The van der Waals surface area contributed by atoms with Crippen LogP contribution in [-0.2, 0) is 27.6 Å².